The maximum Gasteiger partial charge on any atom is 0.329 e. The zero-order chi connectivity index (χ0) is 10.4. The molecule has 0 heterocycles. The first-order chi connectivity index (χ1) is 6.70. The van der Waals surface area contributed by atoms with Crippen LogP contribution in [-0.4, -0.2) is 11.1 Å². The van der Waals surface area contributed by atoms with E-state index in [1.807, 2.05) is 18.2 Å². The molecular formula is C10H10ClNO2. The summed E-state index contributed by atoms with van der Waals surface area (Å²) in [5.74, 6) is -0.975. The van der Waals surface area contributed by atoms with Crippen LogP contribution in [-0.2, 0) is 11.3 Å². The van der Waals surface area contributed by atoms with Crippen molar-refractivity contribution in [3.8, 4) is 0 Å². The van der Waals surface area contributed by atoms with Crippen molar-refractivity contribution in [2.45, 2.75) is 6.54 Å². The molecule has 1 aromatic rings. The number of carboxylic acid groups (broad SMARTS) is 1. The van der Waals surface area contributed by atoms with Crippen LogP contribution in [0.4, 0.5) is 0 Å². The number of rotatable bonds is 4. The van der Waals surface area contributed by atoms with Crippen LogP contribution in [0, 0.1) is 0 Å². The quantitative estimate of drug-likeness (QED) is 0.750. The Morgan fingerprint density at radius 2 is 2.21 bits per heavy atom. The predicted octanol–water partition coefficient (Wildman–Crippen LogP) is 2.03. The summed E-state index contributed by atoms with van der Waals surface area (Å²) in [7, 11) is 0. The van der Waals surface area contributed by atoms with Gasteiger partial charge in [-0.05, 0) is 11.6 Å². The van der Waals surface area contributed by atoms with Gasteiger partial charge in [0, 0.05) is 23.8 Å². The molecular weight excluding hydrogens is 202 g/mol. The SMILES string of the molecule is O=C(O)/C=C/NCc1ccccc1Cl. The van der Waals surface area contributed by atoms with Gasteiger partial charge in [-0.3, -0.25) is 0 Å². The van der Waals surface area contributed by atoms with Crippen LogP contribution in [0.3, 0.4) is 0 Å². The Balaban J connectivity index is 2.46. The summed E-state index contributed by atoms with van der Waals surface area (Å²) in [5.41, 5.74) is 0.934. The van der Waals surface area contributed by atoms with Crippen molar-refractivity contribution in [3.63, 3.8) is 0 Å². The first-order valence-corrected chi connectivity index (χ1v) is 4.44. The van der Waals surface area contributed by atoms with Crippen LogP contribution >= 0.6 is 11.6 Å². The van der Waals surface area contributed by atoms with Gasteiger partial charge in [-0.2, -0.15) is 0 Å². The van der Waals surface area contributed by atoms with E-state index in [0.717, 1.165) is 11.6 Å². The van der Waals surface area contributed by atoms with Crippen LogP contribution in [0.15, 0.2) is 36.5 Å². The van der Waals surface area contributed by atoms with Crippen molar-refractivity contribution < 1.29 is 9.90 Å². The van der Waals surface area contributed by atoms with E-state index in [-0.39, 0.29) is 0 Å². The van der Waals surface area contributed by atoms with Crippen molar-refractivity contribution in [2.24, 2.45) is 0 Å². The van der Waals surface area contributed by atoms with Crippen molar-refractivity contribution in [1.29, 1.82) is 0 Å². The van der Waals surface area contributed by atoms with E-state index in [4.69, 9.17) is 16.7 Å². The minimum atomic E-state index is -0.975. The molecule has 0 aliphatic carbocycles. The highest BCUT2D eigenvalue weighted by Crippen LogP contribution is 2.13. The molecule has 0 saturated heterocycles. The first kappa shape index (κ1) is 10.6. The second-order valence-electron chi connectivity index (χ2n) is 2.64. The van der Waals surface area contributed by atoms with Gasteiger partial charge in [-0.1, -0.05) is 29.8 Å². The summed E-state index contributed by atoms with van der Waals surface area (Å²) < 4.78 is 0. The molecule has 3 nitrogen and oxygen atoms in total. The van der Waals surface area contributed by atoms with Gasteiger partial charge in [0.2, 0.25) is 0 Å². The number of aliphatic carboxylic acids is 1. The molecule has 4 heteroatoms. The number of halogens is 1. The smallest absolute Gasteiger partial charge is 0.329 e. The van der Waals surface area contributed by atoms with E-state index >= 15 is 0 Å². The van der Waals surface area contributed by atoms with E-state index in [1.165, 1.54) is 6.20 Å². The lowest BCUT2D eigenvalue weighted by Gasteiger charge is -2.02. The Kier molecular flexibility index (Phi) is 4.01. The topological polar surface area (TPSA) is 49.3 Å². The lowest BCUT2D eigenvalue weighted by atomic mass is 10.2. The maximum absolute atomic E-state index is 10.1. The van der Waals surface area contributed by atoms with Crippen molar-refractivity contribution in [2.75, 3.05) is 0 Å². The van der Waals surface area contributed by atoms with E-state index in [9.17, 15) is 4.79 Å². The second-order valence-corrected chi connectivity index (χ2v) is 3.05. The largest absolute Gasteiger partial charge is 0.478 e. The third-order valence-electron chi connectivity index (χ3n) is 1.59. The molecule has 74 valence electrons. The molecule has 0 atom stereocenters. The van der Waals surface area contributed by atoms with E-state index in [1.54, 1.807) is 6.07 Å². The minimum absolute atomic E-state index is 0.517. The minimum Gasteiger partial charge on any atom is -0.478 e. The van der Waals surface area contributed by atoms with Gasteiger partial charge >= 0.3 is 5.97 Å². The predicted molar refractivity (Wildman–Crippen MR) is 55.1 cm³/mol. The average molecular weight is 212 g/mol. The van der Waals surface area contributed by atoms with Crippen molar-refractivity contribution >= 4 is 17.6 Å². The third-order valence-corrected chi connectivity index (χ3v) is 1.96. The highest BCUT2D eigenvalue weighted by atomic mass is 35.5. The maximum atomic E-state index is 10.1. The Morgan fingerprint density at radius 1 is 1.50 bits per heavy atom. The normalized spacial score (nSPS) is 10.4. The molecule has 0 aliphatic rings. The first-order valence-electron chi connectivity index (χ1n) is 4.06. The molecule has 0 fully saturated rings. The van der Waals surface area contributed by atoms with Crippen LogP contribution < -0.4 is 5.32 Å². The Morgan fingerprint density at radius 3 is 2.86 bits per heavy atom. The molecule has 0 saturated carbocycles. The van der Waals surface area contributed by atoms with E-state index in [2.05, 4.69) is 5.32 Å². The Labute approximate surface area is 87.0 Å². The third kappa shape index (κ3) is 3.49. The van der Waals surface area contributed by atoms with Gasteiger partial charge in [-0.25, -0.2) is 4.79 Å². The zero-order valence-electron chi connectivity index (χ0n) is 7.40. The van der Waals surface area contributed by atoms with Gasteiger partial charge in [0.15, 0.2) is 0 Å². The molecule has 0 aliphatic heterocycles. The summed E-state index contributed by atoms with van der Waals surface area (Å²) in [4.78, 5) is 10.1. The molecule has 2 N–H and O–H groups in total. The van der Waals surface area contributed by atoms with Crippen LogP contribution in [0.1, 0.15) is 5.56 Å². The fourth-order valence-corrected chi connectivity index (χ4v) is 1.14. The molecule has 0 bridgehead atoms. The van der Waals surface area contributed by atoms with Gasteiger partial charge in [0.1, 0.15) is 0 Å². The van der Waals surface area contributed by atoms with E-state index < -0.39 is 5.97 Å². The molecule has 0 unspecified atom stereocenters. The highest BCUT2D eigenvalue weighted by molar-refractivity contribution is 6.31. The second kappa shape index (κ2) is 5.29. The lowest BCUT2D eigenvalue weighted by molar-refractivity contribution is -0.131. The molecule has 1 aromatic carbocycles. The van der Waals surface area contributed by atoms with E-state index in [0.29, 0.717) is 11.6 Å². The van der Waals surface area contributed by atoms with Crippen molar-refractivity contribution in [1.82, 2.24) is 5.32 Å². The molecule has 14 heavy (non-hydrogen) atoms. The van der Waals surface area contributed by atoms with Gasteiger partial charge in [0.25, 0.3) is 0 Å². The van der Waals surface area contributed by atoms with Crippen LogP contribution in [0.2, 0.25) is 5.02 Å². The van der Waals surface area contributed by atoms with Gasteiger partial charge in [-0.15, -0.1) is 0 Å². The number of hydrogen-bond donors (Lipinski definition) is 2. The molecule has 0 aromatic heterocycles. The Bertz CT molecular complexity index is 350. The summed E-state index contributed by atoms with van der Waals surface area (Å²) >= 11 is 5.89. The summed E-state index contributed by atoms with van der Waals surface area (Å²) in [6.07, 6.45) is 2.42. The molecule has 0 amide bonds. The van der Waals surface area contributed by atoms with Gasteiger partial charge < -0.3 is 10.4 Å². The van der Waals surface area contributed by atoms with Crippen molar-refractivity contribution in [3.05, 3.63) is 47.1 Å². The fraction of sp³-hybridized carbons (Fsp3) is 0.100. The lowest BCUT2D eigenvalue weighted by Crippen LogP contribution is -2.05. The summed E-state index contributed by atoms with van der Waals surface area (Å²) in [5, 5.41) is 11.8. The summed E-state index contributed by atoms with van der Waals surface area (Å²) in [6, 6.07) is 7.39. The number of benzene rings is 1. The summed E-state index contributed by atoms with van der Waals surface area (Å²) in [6.45, 7) is 0.517. The highest BCUT2D eigenvalue weighted by Gasteiger charge is 1.95. The molecule has 0 radical (unpaired) electrons. The number of carboxylic acids is 1. The average Bonchev–Trinajstić information content (AvgIpc) is 2.15. The fourth-order valence-electron chi connectivity index (χ4n) is 0.941. The number of nitrogens with one attached hydrogen (secondary N) is 1. The monoisotopic (exact) mass is 211 g/mol. The Hall–Kier alpha value is -1.48. The zero-order valence-corrected chi connectivity index (χ0v) is 8.16. The van der Waals surface area contributed by atoms with Crippen LogP contribution in [0.25, 0.3) is 0 Å². The number of hydrogen-bond acceptors (Lipinski definition) is 2. The molecule has 0 spiro atoms. The van der Waals surface area contributed by atoms with Crippen LogP contribution in [0.5, 0.6) is 0 Å². The number of carbonyl (C=O) groups is 1. The van der Waals surface area contributed by atoms with Gasteiger partial charge in [0.05, 0.1) is 0 Å². The standard InChI is InChI=1S/C10H10ClNO2/c11-9-4-2-1-3-8(9)7-12-6-5-10(13)14/h1-6,12H,7H2,(H,13,14)/b6-5+. The molecule has 1 rings (SSSR count).